The molecule has 0 aromatic heterocycles. The fraction of sp³-hybridized carbons (Fsp3) is 0.296. The Morgan fingerprint density at radius 1 is 1.03 bits per heavy atom. The third-order valence-electron chi connectivity index (χ3n) is 6.43. The Kier molecular flexibility index (Phi) is 7.94. The van der Waals surface area contributed by atoms with Crippen molar-refractivity contribution < 1.29 is 22.3 Å². The monoisotopic (exact) mass is 545 g/mol. The third kappa shape index (κ3) is 5.67. The summed E-state index contributed by atoms with van der Waals surface area (Å²) >= 11 is 6.33. The minimum atomic E-state index is -4.20. The van der Waals surface area contributed by atoms with E-state index in [9.17, 15) is 17.6 Å². The van der Waals surface area contributed by atoms with Crippen molar-refractivity contribution in [3.8, 4) is 5.75 Å². The Labute approximate surface area is 222 Å². The molecule has 0 bridgehead atoms. The van der Waals surface area contributed by atoms with E-state index >= 15 is 0 Å². The summed E-state index contributed by atoms with van der Waals surface area (Å²) in [7, 11) is -2.80. The van der Waals surface area contributed by atoms with Gasteiger partial charge in [0.15, 0.2) is 0 Å². The number of carbonyl (C=O) groups excluding carboxylic acids is 1. The van der Waals surface area contributed by atoms with Crippen molar-refractivity contribution in [3.05, 3.63) is 82.6 Å². The van der Waals surface area contributed by atoms with Gasteiger partial charge in [-0.15, -0.1) is 0 Å². The average Bonchev–Trinajstić information content (AvgIpc) is 2.89. The van der Waals surface area contributed by atoms with Crippen LogP contribution in [0.3, 0.4) is 0 Å². The number of sulfonamides is 1. The third-order valence-corrected chi connectivity index (χ3v) is 8.64. The van der Waals surface area contributed by atoms with Gasteiger partial charge in [-0.1, -0.05) is 35.9 Å². The Hall–Kier alpha value is -3.30. The van der Waals surface area contributed by atoms with Crippen molar-refractivity contribution >= 4 is 38.9 Å². The number of halogens is 2. The summed E-state index contributed by atoms with van der Waals surface area (Å²) in [6.07, 6.45) is 0. The molecule has 0 N–H and O–H groups in total. The second kappa shape index (κ2) is 11.0. The van der Waals surface area contributed by atoms with Gasteiger partial charge in [0.05, 0.1) is 18.5 Å². The van der Waals surface area contributed by atoms with Crippen LogP contribution in [-0.2, 0) is 14.8 Å². The Balaban J connectivity index is 1.62. The predicted octanol–water partition coefficient (Wildman–Crippen LogP) is 4.65. The molecule has 0 atom stereocenters. The van der Waals surface area contributed by atoms with Crippen LogP contribution in [0.25, 0.3) is 0 Å². The van der Waals surface area contributed by atoms with Gasteiger partial charge in [0.2, 0.25) is 5.91 Å². The smallest absolute Gasteiger partial charge is 0.268 e. The number of piperazine rings is 1. The summed E-state index contributed by atoms with van der Waals surface area (Å²) in [5.41, 5.74) is 2.28. The summed E-state index contributed by atoms with van der Waals surface area (Å²) in [5.74, 6) is -0.497. The fourth-order valence-corrected chi connectivity index (χ4v) is 6.11. The van der Waals surface area contributed by atoms with Gasteiger partial charge in [0.1, 0.15) is 23.0 Å². The van der Waals surface area contributed by atoms with Crippen LogP contribution in [0.1, 0.15) is 11.1 Å². The van der Waals surface area contributed by atoms with Crippen LogP contribution in [0.5, 0.6) is 5.75 Å². The summed E-state index contributed by atoms with van der Waals surface area (Å²) in [4.78, 5) is 16.8. The molecule has 10 heteroatoms. The maximum atomic E-state index is 14.2. The number of hydrogen-bond donors (Lipinski definition) is 0. The molecule has 0 unspecified atom stereocenters. The second-order valence-corrected chi connectivity index (χ2v) is 11.2. The van der Waals surface area contributed by atoms with Gasteiger partial charge in [-0.3, -0.25) is 9.10 Å². The minimum Gasteiger partial charge on any atom is -0.495 e. The molecule has 7 nitrogen and oxygen atoms in total. The summed E-state index contributed by atoms with van der Waals surface area (Å²) in [5, 5.41) is 0.389. The zero-order valence-corrected chi connectivity index (χ0v) is 22.5. The molecule has 0 radical (unpaired) electrons. The SMILES string of the molecule is COc1ccc(C)cc1S(=O)(=O)N(CC(=O)N1CCN(c2ccccc2F)CC1)c1ccc(C)c(Cl)c1. The van der Waals surface area contributed by atoms with Gasteiger partial charge in [0.25, 0.3) is 10.0 Å². The van der Waals surface area contributed by atoms with Gasteiger partial charge in [-0.05, 0) is 61.4 Å². The molecule has 4 rings (SSSR count). The molecule has 1 fully saturated rings. The van der Waals surface area contributed by atoms with E-state index in [4.69, 9.17) is 16.3 Å². The lowest BCUT2D eigenvalue weighted by Crippen LogP contribution is -2.52. The van der Waals surface area contributed by atoms with Crippen molar-refractivity contribution in [1.29, 1.82) is 0 Å². The first-order valence-electron chi connectivity index (χ1n) is 11.8. The van der Waals surface area contributed by atoms with Crippen LogP contribution in [0.4, 0.5) is 15.8 Å². The molecule has 1 saturated heterocycles. The predicted molar refractivity (Wildman–Crippen MR) is 144 cm³/mol. The number of ether oxygens (including phenoxy) is 1. The summed E-state index contributed by atoms with van der Waals surface area (Å²) < 4.78 is 48.5. The quantitative estimate of drug-likeness (QED) is 0.432. The first-order valence-corrected chi connectivity index (χ1v) is 13.6. The molecule has 3 aromatic carbocycles. The molecular formula is C27H29ClFN3O4S. The molecule has 1 amide bonds. The summed E-state index contributed by atoms with van der Waals surface area (Å²) in [6.45, 7) is 4.72. The number of benzene rings is 3. The van der Waals surface area contributed by atoms with Gasteiger partial charge >= 0.3 is 0 Å². The van der Waals surface area contributed by atoms with Crippen LogP contribution in [0.2, 0.25) is 5.02 Å². The van der Waals surface area contributed by atoms with Crippen molar-refractivity contribution in [2.75, 3.05) is 49.0 Å². The molecule has 1 aliphatic heterocycles. The van der Waals surface area contributed by atoms with E-state index in [0.717, 1.165) is 15.4 Å². The maximum absolute atomic E-state index is 14.2. The van der Waals surface area contributed by atoms with E-state index in [2.05, 4.69) is 0 Å². The number of rotatable bonds is 7. The molecule has 1 aliphatic rings. The van der Waals surface area contributed by atoms with Gasteiger partial charge in [0, 0.05) is 31.2 Å². The number of amides is 1. The number of nitrogens with zero attached hydrogens (tertiary/aromatic N) is 3. The van der Waals surface area contributed by atoms with Crippen molar-refractivity contribution in [1.82, 2.24) is 4.90 Å². The largest absolute Gasteiger partial charge is 0.495 e. The van der Waals surface area contributed by atoms with Crippen molar-refractivity contribution in [2.45, 2.75) is 18.7 Å². The highest BCUT2D eigenvalue weighted by Gasteiger charge is 2.33. The standard InChI is InChI=1S/C27H29ClFN3O4S/c1-19-8-11-25(36-3)26(16-19)37(34,35)32(21-10-9-20(2)22(28)17-21)18-27(33)31-14-12-30(13-15-31)24-7-5-4-6-23(24)29/h4-11,16-17H,12-15,18H2,1-3H3. The Morgan fingerprint density at radius 2 is 1.73 bits per heavy atom. The van der Waals surface area contributed by atoms with Crippen LogP contribution in [0, 0.1) is 19.7 Å². The molecule has 1 heterocycles. The molecule has 3 aromatic rings. The van der Waals surface area contributed by atoms with E-state index in [1.54, 1.807) is 60.4 Å². The van der Waals surface area contributed by atoms with E-state index in [0.29, 0.717) is 36.9 Å². The fourth-order valence-electron chi connectivity index (χ4n) is 4.28. The molecule has 0 saturated carbocycles. The number of carbonyl (C=O) groups is 1. The number of methoxy groups -OCH3 is 1. The minimum absolute atomic E-state index is 0.0381. The average molecular weight is 546 g/mol. The van der Waals surface area contributed by atoms with Crippen molar-refractivity contribution in [3.63, 3.8) is 0 Å². The van der Waals surface area contributed by atoms with E-state index in [1.165, 1.54) is 19.2 Å². The van der Waals surface area contributed by atoms with E-state index in [1.807, 2.05) is 11.8 Å². The number of aryl methyl sites for hydroxylation is 2. The number of para-hydroxylation sites is 1. The van der Waals surface area contributed by atoms with Gasteiger partial charge < -0.3 is 14.5 Å². The van der Waals surface area contributed by atoms with E-state index in [-0.39, 0.29) is 28.1 Å². The highest BCUT2D eigenvalue weighted by molar-refractivity contribution is 7.93. The maximum Gasteiger partial charge on any atom is 0.268 e. The van der Waals surface area contributed by atoms with E-state index < -0.39 is 16.6 Å². The normalized spacial score (nSPS) is 14.0. The van der Waals surface area contributed by atoms with Crippen LogP contribution < -0.4 is 13.9 Å². The molecular weight excluding hydrogens is 517 g/mol. The molecule has 196 valence electrons. The van der Waals surface area contributed by atoms with Gasteiger partial charge in [-0.2, -0.15) is 0 Å². The first kappa shape index (κ1) is 26.8. The second-order valence-electron chi connectivity index (χ2n) is 8.92. The zero-order valence-electron chi connectivity index (χ0n) is 20.9. The van der Waals surface area contributed by atoms with Crippen LogP contribution in [0.15, 0.2) is 65.6 Å². The van der Waals surface area contributed by atoms with Crippen LogP contribution in [-0.4, -0.2) is 59.1 Å². The first-order chi connectivity index (χ1) is 17.6. The lowest BCUT2D eigenvalue weighted by Gasteiger charge is -2.37. The summed E-state index contributed by atoms with van der Waals surface area (Å²) in [6, 6.07) is 16.3. The van der Waals surface area contributed by atoms with Gasteiger partial charge in [-0.25, -0.2) is 12.8 Å². The Morgan fingerprint density at radius 3 is 2.38 bits per heavy atom. The number of hydrogen-bond acceptors (Lipinski definition) is 5. The zero-order chi connectivity index (χ0) is 26.7. The topological polar surface area (TPSA) is 70.2 Å². The lowest BCUT2D eigenvalue weighted by molar-refractivity contribution is -0.129. The van der Waals surface area contributed by atoms with Crippen LogP contribution >= 0.6 is 11.6 Å². The van der Waals surface area contributed by atoms with Crippen molar-refractivity contribution in [2.24, 2.45) is 0 Å². The highest BCUT2D eigenvalue weighted by atomic mass is 35.5. The lowest BCUT2D eigenvalue weighted by atomic mass is 10.2. The Bertz CT molecular complexity index is 1410. The number of anilines is 2. The molecule has 0 spiro atoms. The highest BCUT2D eigenvalue weighted by Crippen LogP contribution is 2.33. The molecule has 0 aliphatic carbocycles. The molecule has 37 heavy (non-hydrogen) atoms.